The maximum Gasteiger partial charge on any atom is 0.180 e. The molecule has 0 atom stereocenters. The molecule has 86 valence electrons. The van der Waals surface area contributed by atoms with E-state index in [1.165, 1.54) is 0 Å². The zero-order valence-electron chi connectivity index (χ0n) is 9.47. The van der Waals surface area contributed by atoms with Gasteiger partial charge in [-0.25, -0.2) is 8.42 Å². The number of nitriles is 1. The van der Waals surface area contributed by atoms with E-state index in [1.807, 2.05) is 0 Å². The molecule has 1 aromatic carbocycles. The van der Waals surface area contributed by atoms with Crippen molar-refractivity contribution in [3.8, 4) is 6.07 Å². The average Bonchev–Trinajstić information content (AvgIpc) is 2.26. The van der Waals surface area contributed by atoms with Crippen molar-refractivity contribution >= 4 is 9.84 Å². The lowest BCUT2D eigenvalue weighted by Crippen LogP contribution is -2.13. The molecule has 1 aromatic rings. The summed E-state index contributed by atoms with van der Waals surface area (Å²) in [7, 11) is -3.18. The number of aryl methyl sites for hydroxylation is 1. The van der Waals surface area contributed by atoms with Gasteiger partial charge in [-0.05, 0) is 38.0 Å². The van der Waals surface area contributed by atoms with E-state index < -0.39 is 15.1 Å². The minimum absolute atomic E-state index is 0.350. The first-order valence-corrected chi connectivity index (χ1v) is 6.73. The molecule has 0 aliphatic carbocycles. The zero-order valence-corrected chi connectivity index (χ0v) is 10.3. The highest BCUT2D eigenvalue weighted by Gasteiger charge is 2.18. The molecule has 0 bridgehead atoms. The van der Waals surface area contributed by atoms with Gasteiger partial charge in [-0.15, -0.1) is 0 Å². The quantitative estimate of drug-likeness (QED) is 0.807. The van der Waals surface area contributed by atoms with Gasteiger partial charge < -0.3 is 0 Å². The van der Waals surface area contributed by atoms with Gasteiger partial charge in [0.25, 0.3) is 0 Å². The molecule has 3 nitrogen and oxygen atoms in total. The van der Waals surface area contributed by atoms with Crippen LogP contribution in [0.3, 0.4) is 0 Å². The molecule has 0 aromatic heterocycles. The van der Waals surface area contributed by atoms with Crippen molar-refractivity contribution in [3.63, 3.8) is 0 Å². The molecule has 0 saturated heterocycles. The molecule has 1 rings (SSSR count). The fourth-order valence-corrected chi connectivity index (χ4v) is 2.38. The van der Waals surface area contributed by atoms with Gasteiger partial charge in [0.05, 0.1) is 16.2 Å². The minimum atomic E-state index is -3.18. The molecule has 0 saturated carbocycles. The number of hydrogen-bond acceptors (Lipinski definition) is 3. The smallest absolute Gasteiger partial charge is 0.180 e. The predicted octanol–water partition coefficient (Wildman–Crippen LogP) is 2.32. The third-order valence-electron chi connectivity index (χ3n) is 2.40. The highest BCUT2D eigenvalue weighted by atomic mass is 32.2. The lowest BCUT2D eigenvalue weighted by Gasteiger charge is -2.08. The van der Waals surface area contributed by atoms with Crippen LogP contribution in [0.15, 0.2) is 29.2 Å². The van der Waals surface area contributed by atoms with Crippen molar-refractivity contribution in [2.24, 2.45) is 0 Å². The van der Waals surface area contributed by atoms with Gasteiger partial charge in [0, 0.05) is 6.42 Å². The Morgan fingerprint density at radius 3 is 2.25 bits per heavy atom. The number of rotatable bonds is 4. The number of sulfone groups is 1. The molecule has 0 radical (unpaired) electrons. The molecule has 0 unspecified atom stereocenters. The van der Waals surface area contributed by atoms with E-state index in [0.717, 1.165) is 5.56 Å². The maximum atomic E-state index is 11.8. The number of nitrogens with zero attached hydrogens (tertiary/aromatic N) is 1. The predicted molar refractivity (Wildman–Crippen MR) is 62.7 cm³/mol. The van der Waals surface area contributed by atoms with E-state index in [-0.39, 0.29) is 0 Å². The Morgan fingerprint density at radius 2 is 1.81 bits per heavy atom. The summed E-state index contributed by atoms with van der Waals surface area (Å²) < 4.78 is 23.6. The van der Waals surface area contributed by atoms with Crippen LogP contribution in [0.1, 0.15) is 25.8 Å². The molecular weight excluding hydrogens is 222 g/mol. The van der Waals surface area contributed by atoms with Crippen LogP contribution in [0.5, 0.6) is 0 Å². The van der Waals surface area contributed by atoms with Crippen molar-refractivity contribution in [2.75, 3.05) is 0 Å². The summed E-state index contributed by atoms with van der Waals surface area (Å²) in [5, 5.41) is 8.03. The Labute approximate surface area is 96.6 Å². The lowest BCUT2D eigenvalue weighted by atomic mass is 10.1. The van der Waals surface area contributed by atoms with Crippen LogP contribution in [-0.4, -0.2) is 13.7 Å². The summed E-state index contributed by atoms with van der Waals surface area (Å²) in [4.78, 5) is 0.350. The van der Waals surface area contributed by atoms with Crippen molar-refractivity contribution in [1.29, 1.82) is 5.26 Å². The van der Waals surface area contributed by atoms with Gasteiger partial charge in [0.1, 0.15) is 0 Å². The maximum absolute atomic E-state index is 11.8. The molecule has 0 N–H and O–H groups in total. The highest BCUT2D eigenvalue weighted by Crippen LogP contribution is 2.16. The van der Waals surface area contributed by atoms with E-state index in [2.05, 4.69) is 6.07 Å². The standard InChI is InChI=1S/C12H15NO2S/c1-10(2)16(14,15)12-7-5-11(6-8-12)4-3-9-13/h5-8,10H,3-4H2,1-2H3. The third kappa shape index (κ3) is 2.83. The van der Waals surface area contributed by atoms with Crippen LogP contribution in [0, 0.1) is 11.3 Å². The van der Waals surface area contributed by atoms with Crippen LogP contribution in [-0.2, 0) is 16.3 Å². The fraction of sp³-hybridized carbons (Fsp3) is 0.417. The molecule has 0 fully saturated rings. The van der Waals surface area contributed by atoms with Crippen LogP contribution < -0.4 is 0 Å². The van der Waals surface area contributed by atoms with Crippen molar-refractivity contribution in [1.82, 2.24) is 0 Å². The summed E-state index contributed by atoms with van der Waals surface area (Å²) in [6, 6.07) is 8.83. The van der Waals surface area contributed by atoms with Gasteiger partial charge in [-0.1, -0.05) is 12.1 Å². The van der Waals surface area contributed by atoms with Gasteiger partial charge in [0.15, 0.2) is 9.84 Å². The Bertz CT molecular complexity index is 481. The number of benzene rings is 1. The van der Waals surface area contributed by atoms with Gasteiger partial charge in [-0.3, -0.25) is 0 Å². The van der Waals surface area contributed by atoms with E-state index >= 15 is 0 Å². The van der Waals surface area contributed by atoms with Crippen molar-refractivity contribution < 1.29 is 8.42 Å². The normalized spacial score (nSPS) is 11.4. The van der Waals surface area contributed by atoms with Crippen LogP contribution >= 0.6 is 0 Å². The Balaban J connectivity index is 2.92. The van der Waals surface area contributed by atoms with E-state index in [9.17, 15) is 8.42 Å². The summed E-state index contributed by atoms with van der Waals surface area (Å²) in [6.07, 6.45) is 1.12. The first-order chi connectivity index (χ1) is 7.48. The monoisotopic (exact) mass is 237 g/mol. The zero-order chi connectivity index (χ0) is 12.2. The molecule has 0 spiro atoms. The fourth-order valence-electron chi connectivity index (χ4n) is 1.32. The Morgan fingerprint density at radius 1 is 1.25 bits per heavy atom. The molecule has 16 heavy (non-hydrogen) atoms. The second kappa shape index (κ2) is 5.13. The third-order valence-corrected chi connectivity index (χ3v) is 4.57. The van der Waals surface area contributed by atoms with Crippen LogP contribution in [0.4, 0.5) is 0 Å². The first kappa shape index (κ1) is 12.7. The first-order valence-electron chi connectivity index (χ1n) is 5.18. The SMILES string of the molecule is CC(C)S(=O)(=O)c1ccc(CCC#N)cc1. The Hall–Kier alpha value is -1.34. The van der Waals surface area contributed by atoms with Crippen LogP contribution in [0.25, 0.3) is 0 Å². The van der Waals surface area contributed by atoms with Crippen molar-refractivity contribution in [2.45, 2.75) is 36.8 Å². The molecule has 0 amide bonds. The highest BCUT2D eigenvalue weighted by molar-refractivity contribution is 7.92. The summed E-state index contributed by atoms with van der Waals surface area (Å²) in [5.41, 5.74) is 0.990. The minimum Gasteiger partial charge on any atom is -0.223 e. The molecule has 0 aliphatic rings. The average molecular weight is 237 g/mol. The topological polar surface area (TPSA) is 57.9 Å². The molecular formula is C12H15NO2S. The summed E-state index contributed by atoms with van der Waals surface area (Å²) >= 11 is 0. The summed E-state index contributed by atoms with van der Waals surface area (Å²) in [5.74, 6) is 0. The molecule has 4 heteroatoms. The summed E-state index contributed by atoms with van der Waals surface area (Å²) in [6.45, 7) is 3.33. The largest absolute Gasteiger partial charge is 0.223 e. The van der Waals surface area contributed by atoms with Crippen LogP contribution in [0.2, 0.25) is 0 Å². The second-order valence-corrected chi connectivity index (χ2v) is 6.40. The second-order valence-electron chi connectivity index (χ2n) is 3.90. The van der Waals surface area contributed by atoms with Gasteiger partial charge >= 0.3 is 0 Å². The van der Waals surface area contributed by atoms with Gasteiger partial charge in [0.2, 0.25) is 0 Å². The van der Waals surface area contributed by atoms with E-state index in [0.29, 0.717) is 17.7 Å². The van der Waals surface area contributed by atoms with Gasteiger partial charge in [-0.2, -0.15) is 5.26 Å². The molecule has 0 aliphatic heterocycles. The van der Waals surface area contributed by atoms with Crippen molar-refractivity contribution in [3.05, 3.63) is 29.8 Å². The number of hydrogen-bond donors (Lipinski definition) is 0. The lowest BCUT2D eigenvalue weighted by molar-refractivity contribution is 0.587. The Kier molecular flexibility index (Phi) is 4.08. The van der Waals surface area contributed by atoms with E-state index in [4.69, 9.17) is 5.26 Å². The molecule has 0 heterocycles. The van der Waals surface area contributed by atoms with E-state index in [1.54, 1.807) is 38.1 Å².